The van der Waals surface area contributed by atoms with Gasteiger partial charge in [-0.1, -0.05) is 18.2 Å². The normalized spacial score (nSPS) is 18.6. The molecule has 0 aromatic heterocycles. The Morgan fingerprint density at radius 2 is 1.93 bits per heavy atom. The Kier molecular flexibility index (Phi) is 5.29. The van der Waals surface area contributed by atoms with Crippen LogP contribution in [0, 0.1) is 6.92 Å². The molecule has 2 amide bonds. The predicted octanol–water partition coefficient (Wildman–Crippen LogP) is 2.44. The molecule has 4 rings (SSSR count). The van der Waals surface area contributed by atoms with E-state index in [1.54, 1.807) is 12.0 Å². The molecule has 29 heavy (non-hydrogen) atoms. The molecule has 0 bridgehead atoms. The number of aryl methyl sites for hydroxylation is 1. The first-order valence-corrected chi connectivity index (χ1v) is 9.79. The van der Waals surface area contributed by atoms with Crippen LogP contribution in [-0.2, 0) is 9.59 Å². The van der Waals surface area contributed by atoms with Gasteiger partial charge < -0.3 is 24.6 Å². The lowest BCUT2D eigenvalue weighted by atomic mass is 10.1. The van der Waals surface area contributed by atoms with E-state index in [1.807, 2.05) is 49.4 Å². The van der Waals surface area contributed by atoms with Crippen molar-refractivity contribution in [2.24, 2.45) is 0 Å². The van der Waals surface area contributed by atoms with Crippen LogP contribution in [0.2, 0.25) is 0 Å². The van der Waals surface area contributed by atoms with E-state index in [4.69, 9.17) is 9.47 Å². The van der Waals surface area contributed by atoms with Gasteiger partial charge in [-0.05, 0) is 36.8 Å². The molecule has 7 nitrogen and oxygen atoms in total. The minimum absolute atomic E-state index is 0.0355. The van der Waals surface area contributed by atoms with Gasteiger partial charge in [0.2, 0.25) is 5.91 Å². The molecule has 2 aliphatic rings. The fourth-order valence-corrected chi connectivity index (χ4v) is 3.77. The molecule has 2 aliphatic heterocycles. The molecule has 2 heterocycles. The van der Waals surface area contributed by atoms with Gasteiger partial charge in [-0.15, -0.1) is 0 Å². The Labute approximate surface area is 170 Å². The molecule has 0 spiro atoms. The van der Waals surface area contributed by atoms with E-state index in [2.05, 4.69) is 10.2 Å². The van der Waals surface area contributed by atoms with E-state index in [-0.39, 0.29) is 18.2 Å². The Balaban J connectivity index is 1.35. The number of piperazine rings is 1. The summed E-state index contributed by atoms with van der Waals surface area (Å²) < 4.78 is 11.2. The average molecular weight is 395 g/mol. The average Bonchev–Trinajstić information content (AvgIpc) is 2.74. The molecule has 1 fully saturated rings. The van der Waals surface area contributed by atoms with Crippen molar-refractivity contribution in [3.8, 4) is 11.5 Å². The van der Waals surface area contributed by atoms with Crippen LogP contribution in [0.4, 0.5) is 11.4 Å². The van der Waals surface area contributed by atoms with Gasteiger partial charge in [0.15, 0.2) is 6.10 Å². The number of carbonyl (C=O) groups is 2. The molecule has 2 aromatic carbocycles. The lowest BCUT2D eigenvalue weighted by Crippen LogP contribution is -2.50. The van der Waals surface area contributed by atoms with Crippen LogP contribution < -0.4 is 19.7 Å². The molecule has 0 aliphatic carbocycles. The number of rotatable bonds is 4. The number of methoxy groups -OCH3 is 1. The third kappa shape index (κ3) is 3.99. The van der Waals surface area contributed by atoms with Crippen LogP contribution in [0.15, 0.2) is 42.5 Å². The number of fused-ring (bicyclic) bond motifs is 1. The standard InChI is InChI=1S/C22H25N3O4/c1-15-7-8-18-16(13-15)23-22(27)20(29-18)14-21(26)25-11-9-24(10-12-25)17-5-3-4-6-19(17)28-2/h3-8,13,20H,9-12,14H2,1-2H3,(H,23,27). The van der Waals surface area contributed by atoms with Crippen LogP contribution in [0.3, 0.4) is 0 Å². The maximum absolute atomic E-state index is 12.8. The summed E-state index contributed by atoms with van der Waals surface area (Å²) in [5.74, 6) is 1.09. The maximum atomic E-state index is 12.8. The summed E-state index contributed by atoms with van der Waals surface area (Å²) in [6, 6.07) is 13.5. The lowest BCUT2D eigenvalue weighted by Gasteiger charge is -2.37. The second-order valence-electron chi connectivity index (χ2n) is 7.34. The smallest absolute Gasteiger partial charge is 0.266 e. The van der Waals surface area contributed by atoms with E-state index in [1.165, 1.54) is 0 Å². The molecule has 7 heteroatoms. The molecule has 1 atom stereocenters. The van der Waals surface area contributed by atoms with Gasteiger partial charge in [0.05, 0.1) is 24.9 Å². The van der Waals surface area contributed by atoms with E-state index in [0.29, 0.717) is 37.6 Å². The van der Waals surface area contributed by atoms with Crippen molar-refractivity contribution >= 4 is 23.2 Å². The van der Waals surface area contributed by atoms with Crippen LogP contribution in [0.5, 0.6) is 11.5 Å². The molecular weight excluding hydrogens is 370 g/mol. The van der Waals surface area contributed by atoms with Gasteiger partial charge in [0.1, 0.15) is 11.5 Å². The Morgan fingerprint density at radius 3 is 2.69 bits per heavy atom. The van der Waals surface area contributed by atoms with Gasteiger partial charge in [-0.3, -0.25) is 9.59 Å². The molecule has 1 unspecified atom stereocenters. The van der Waals surface area contributed by atoms with Crippen molar-refractivity contribution in [2.75, 3.05) is 43.5 Å². The molecule has 1 saturated heterocycles. The quantitative estimate of drug-likeness (QED) is 0.861. The van der Waals surface area contributed by atoms with Crippen LogP contribution in [0.25, 0.3) is 0 Å². The zero-order chi connectivity index (χ0) is 20.4. The van der Waals surface area contributed by atoms with Gasteiger partial charge in [0.25, 0.3) is 5.91 Å². The summed E-state index contributed by atoms with van der Waals surface area (Å²) >= 11 is 0. The monoisotopic (exact) mass is 395 g/mol. The SMILES string of the molecule is COc1ccccc1N1CCN(C(=O)CC2Oc3ccc(C)cc3NC2=O)CC1. The number of carbonyl (C=O) groups excluding carboxylic acids is 2. The Hall–Kier alpha value is -3.22. The summed E-state index contributed by atoms with van der Waals surface area (Å²) in [5, 5.41) is 2.84. The third-order valence-electron chi connectivity index (χ3n) is 5.37. The van der Waals surface area contributed by atoms with E-state index in [0.717, 1.165) is 17.0 Å². The highest BCUT2D eigenvalue weighted by Gasteiger charge is 2.32. The molecular formula is C22H25N3O4. The number of benzene rings is 2. The highest BCUT2D eigenvalue weighted by atomic mass is 16.5. The summed E-state index contributed by atoms with van der Waals surface area (Å²) in [4.78, 5) is 29.1. The van der Waals surface area contributed by atoms with Crippen molar-refractivity contribution in [1.29, 1.82) is 0 Å². The van der Waals surface area contributed by atoms with Crippen LogP contribution >= 0.6 is 0 Å². The predicted molar refractivity (Wildman–Crippen MR) is 111 cm³/mol. The van der Waals surface area contributed by atoms with Crippen molar-refractivity contribution < 1.29 is 19.1 Å². The number of anilines is 2. The summed E-state index contributed by atoms with van der Waals surface area (Å²) in [5.41, 5.74) is 2.73. The van der Waals surface area contributed by atoms with E-state index >= 15 is 0 Å². The van der Waals surface area contributed by atoms with Gasteiger partial charge in [-0.25, -0.2) is 0 Å². The number of hydrogen-bond donors (Lipinski definition) is 1. The fraction of sp³-hybridized carbons (Fsp3) is 0.364. The Bertz CT molecular complexity index is 922. The summed E-state index contributed by atoms with van der Waals surface area (Å²) in [7, 11) is 1.66. The number of para-hydroxylation sites is 2. The highest BCUT2D eigenvalue weighted by Crippen LogP contribution is 2.32. The second-order valence-corrected chi connectivity index (χ2v) is 7.34. The third-order valence-corrected chi connectivity index (χ3v) is 5.37. The van der Waals surface area contributed by atoms with E-state index < -0.39 is 6.10 Å². The second kappa shape index (κ2) is 8.03. The van der Waals surface area contributed by atoms with Crippen molar-refractivity contribution in [3.05, 3.63) is 48.0 Å². The number of hydrogen-bond acceptors (Lipinski definition) is 5. The van der Waals surface area contributed by atoms with Gasteiger partial charge in [0, 0.05) is 26.2 Å². The Morgan fingerprint density at radius 1 is 1.17 bits per heavy atom. The van der Waals surface area contributed by atoms with Crippen molar-refractivity contribution in [1.82, 2.24) is 4.90 Å². The molecule has 0 radical (unpaired) electrons. The van der Waals surface area contributed by atoms with Crippen LogP contribution in [-0.4, -0.2) is 56.1 Å². The maximum Gasteiger partial charge on any atom is 0.266 e. The number of nitrogens with zero attached hydrogens (tertiary/aromatic N) is 2. The number of nitrogens with one attached hydrogen (secondary N) is 1. The summed E-state index contributed by atoms with van der Waals surface area (Å²) in [6.07, 6.45) is -0.765. The zero-order valence-corrected chi connectivity index (χ0v) is 16.7. The minimum atomic E-state index is -0.801. The molecule has 152 valence electrons. The first-order chi connectivity index (χ1) is 14.0. The summed E-state index contributed by atoms with van der Waals surface area (Å²) in [6.45, 7) is 4.58. The van der Waals surface area contributed by atoms with Crippen molar-refractivity contribution in [2.45, 2.75) is 19.4 Å². The number of ether oxygens (including phenoxy) is 2. The fourth-order valence-electron chi connectivity index (χ4n) is 3.77. The zero-order valence-electron chi connectivity index (χ0n) is 16.7. The minimum Gasteiger partial charge on any atom is -0.495 e. The van der Waals surface area contributed by atoms with Crippen molar-refractivity contribution in [3.63, 3.8) is 0 Å². The lowest BCUT2D eigenvalue weighted by molar-refractivity contribution is -0.137. The molecule has 1 N–H and O–H groups in total. The first-order valence-electron chi connectivity index (χ1n) is 9.79. The largest absolute Gasteiger partial charge is 0.495 e. The van der Waals surface area contributed by atoms with Crippen LogP contribution in [0.1, 0.15) is 12.0 Å². The van der Waals surface area contributed by atoms with E-state index in [9.17, 15) is 9.59 Å². The van der Waals surface area contributed by atoms with Gasteiger partial charge in [-0.2, -0.15) is 0 Å². The molecule has 2 aromatic rings. The molecule has 0 saturated carbocycles. The highest BCUT2D eigenvalue weighted by molar-refractivity contribution is 6.00. The van der Waals surface area contributed by atoms with Gasteiger partial charge >= 0.3 is 0 Å². The topological polar surface area (TPSA) is 71.1 Å². The number of amides is 2. The first kappa shape index (κ1) is 19.1.